The zero-order valence-electron chi connectivity index (χ0n) is 8.88. The Morgan fingerprint density at radius 2 is 2.31 bits per heavy atom. The first-order chi connectivity index (χ1) is 7.78. The Labute approximate surface area is 92.7 Å². The van der Waals surface area contributed by atoms with Crippen molar-refractivity contribution in [2.24, 2.45) is 12.9 Å². The SMILES string of the molecule is Cn1cnc(CNc2ccnc(NN)c2)n1. The molecule has 16 heavy (non-hydrogen) atoms. The van der Waals surface area contributed by atoms with Crippen molar-refractivity contribution >= 4 is 11.5 Å². The van der Waals surface area contributed by atoms with E-state index in [-0.39, 0.29) is 0 Å². The number of nitrogens with two attached hydrogens (primary N) is 1. The summed E-state index contributed by atoms with van der Waals surface area (Å²) in [5.74, 6) is 6.61. The van der Waals surface area contributed by atoms with Gasteiger partial charge in [0.15, 0.2) is 5.82 Å². The van der Waals surface area contributed by atoms with E-state index in [1.165, 1.54) is 0 Å². The van der Waals surface area contributed by atoms with Gasteiger partial charge in [-0.2, -0.15) is 5.10 Å². The Kier molecular flexibility index (Phi) is 2.97. The number of nitrogens with one attached hydrogen (secondary N) is 2. The molecule has 0 aliphatic rings. The van der Waals surface area contributed by atoms with E-state index in [0.29, 0.717) is 12.4 Å². The highest BCUT2D eigenvalue weighted by Gasteiger charge is 1.99. The highest BCUT2D eigenvalue weighted by atomic mass is 15.3. The van der Waals surface area contributed by atoms with Crippen LogP contribution in [-0.2, 0) is 13.6 Å². The van der Waals surface area contributed by atoms with Crippen molar-refractivity contribution < 1.29 is 0 Å². The van der Waals surface area contributed by atoms with Gasteiger partial charge in [0.05, 0.1) is 6.54 Å². The maximum absolute atomic E-state index is 5.26. The summed E-state index contributed by atoms with van der Waals surface area (Å²) in [6.07, 6.45) is 3.33. The highest BCUT2D eigenvalue weighted by Crippen LogP contribution is 2.11. The summed E-state index contributed by atoms with van der Waals surface area (Å²) < 4.78 is 1.66. The molecule has 0 spiro atoms. The van der Waals surface area contributed by atoms with Crippen LogP contribution in [-0.4, -0.2) is 19.7 Å². The van der Waals surface area contributed by atoms with E-state index >= 15 is 0 Å². The largest absolute Gasteiger partial charge is 0.378 e. The maximum Gasteiger partial charge on any atom is 0.169 e. The summed E-state index contributed by atoms with van der Waals surface area (Å²) in [6, 6.07) is 3.66. The van der Waals surface area contributed by atoms with Gasteiger partial charge in [-0.3, -0.25) is 4.68 Å². The smallest absolute Gasteiger partial charge is 0.169 e. The lowest BCUT2D eigenvalue weighted by Crippen LogP contribution is -2.09. The predicted molar refractivity (Wildman–Crippen MR) is 60.4 cm³/mol. The van der Waals surface area contributed by atoms with Gasteiger partial charge in [0.1, 0.15) is 12.1 Å². The van der Waals surface area contributed by atoms with Gasteiger partial charge in [0.25, 0.3) is 0 Å². The third-order valence-electron chi connectivity index (χ3n) is 2.01. The van der Waals surface area contributed by atoms with Crippen molar-refractivity contribution in [3.63, 3.8) is 0 Å². The lowest BCUT2D eigenvalue weighted by Gasteiger charge is -2.05. The Balaban J connectivity index is 1.99. The number of hydrogen-bond donors (Lipinski definition) is 3. The van der Waals surface area contributed by atoms with Crippen LogP contribution < -0.4 is 16.6 Å². The second-order valence-electron chi connectivity index (χ2n) is 3.26. The van der Waals surface area contributed by atoms with Crippen LogP contribution in [0.2, 0.25) is 0 Å². The van der Waals surface area contributed by atoms with E-state index in [9.17, 15) is 0 Å². The second kappa shape index (κ2) is 4.58. The number of pyridine rings is 1. The van der Waals surface area contributed by atoms with Crippen molar-refractivity contribution in [2.75, 3.05) is 10.7 Å². The average molecular weight is 219 g/mol. The first-order valence-electron chi connectivity index (χ1n) is 4.79. The van der Waals surface area contributed by atoms with E-state index in [1.54, 1.807) is 17.2 Å². The number of nitrogen functional groups attached to an aromatic ring is 1. The summed E-state index contributed by atoms with van der Waals surface area (Å²) >= 11 is 0. The Bertz CT molecular complexity index is 464. The van der Waals surface area contributed by atoms with E-state index in [4.69, 9.17) is 5.84 Å². The molecular formula is C9H13N7. The topological polar surface area (TPSA) is 93.7 Å². The van der Waals surface area contributed by atoms with Crippen LogP contribution in [0.3, 0.4) is 0 Å². The molecule has 0 radical (unpaired) electrons. The molecule has 84 valence electrons. The number of aromatic nitrogens is 4. The molecular weight excluding hydrogens is 206 g/mol. The summed E-state index contributed by atoms with van der Waals surface area (Å²) in [7, 11) is 1.83. The van der Waals surface area contributed by atoms with Gasteiger partial charge in [0, 0.05) is 25.0 Å². The summed E-state index contributed by atoms with van der Waals surface area (Å²) in [4.78, 5) is 8.11. The molecule has 0 bridgehead atoms. The molecule has 0 saturated heterocycles. The van der Waals surface area contributed by atoms with Gasteiger partial charge < -0.3 is 10.7 Å². The van der Waals surface area contributed by atoms with Crippen LogP contribution in [0, 0.1) is 0 Å². The molecule has 2 rings (SSSR count). The number of nitrogens with zero attached hydrogens (tertiary/aromatic N) is 4. The first kappa shape index (κ1) is 10.4. The van der Waals surface area contributed by atoms with E-state index in [1.807, 2.05) is 19.2 Å². The van der Waals surface area contributed by atoms with E-state index < -0.39 is 0 Å². The molecule has 0 aliphatic carbocycles. The normalized spacial score (nSPS) is 10.1. The molecule has 0 fully saturated rings. The van der Waals surface area contributed by atoms with Crippen LogP contribution in [0.4, 0.5) is 11.5 Å². The number of hydrazine groups is 1. The molecule has 0 atom stereocenters. The molecule has 4 N–H and O–H groups in total. The Morgan fingerprint density at radius 1 is 1.44 bits per heavy atom. The third kappa shape index (κ3) is 2.45. The van der Waals surface area contributed by atoms with Gasteiger partial charge in [0.2, 0.25) is 0 Å². The number of aryl methyl sites for hydroxylation is 1. The molecule has 0 unspecified atom stereocenters. The average Bonchev–Trinajstić information content (AvgIpc) is 2.73. The van der Waals surface area contributed by atoms with Gasteiger partial charge in [-0.1, -0.05) is 0 Å². The third-order valence-corrected chi connectivity index (χ3v) is 2.01. The first-order valence-corrected chi connectivity index (χ1v) is 4.79. The highest BCUT2D eigenvalue weighted by molar-refractivity contribution is 5.51. The fraction of sp³-hybridized carbons (Fsp3) is 0.222. The fourth-order valence-electron chi connectivity index (χ4n) is 1.27. The standard InChI is InChI=1S/C9H13N7/c1-16-6-13-9(15-16)5-12-7-2-3-11-8(4-7)14-10/h2-4,6H,5,10H2,1H3,(H2,11,12,14). The van der Waals surface area contributed by atoms with Crippen LogP contribution in [0.1, 0.15) is 5.82 Å². The van der Waals surface area contributed by atoms with Crippen LogP contribution in [0.25, 0.3) is 0 Å². The molecule has 0 aromatic carbocycles. The zero-order valence-corrected chi connectivity index (χ0v) is 8.88. The summed E-state index contributed by atoms with van der Waals surface area (Å²) in [6.45, 7) is 0.564. The number of anilines is 2. The quantitative estimate of drug-likeness (QED) is 0.499. The van der Waals surface area contributed by atoms with Crippen molar-refractivity contribution in [1.82, 2.24) is 19.7 Å². The van der Waals surface area contributed by atoms with E-state index in [0.717, 1.165) is 11.5 Å². The minimum absolute atomic E-state index is 0.564. The van der Waals surface area contributed by atoms with Crippen LogP contribution >= 0.6 is 0 Å². The summed E-state index contributed by atoms with van der Waals surface area (Å²) in [5, 5.41) is 7.33. The maximum atomic E-state index is 5.26. The predicted octanol–water partition coefficient (Wildman–Crippen LogP) is 0.108. The number of rotatable bonds is 4. The minimum atomic E-state index is 0.564. The minimum Gasteiger partial charge on any atom is -0.378 e. The zero-order chi connectivity index (χ0) is 11.4. The molecule has 7 heteroatoms. The van der Waals surface area contributed by atoms with E-state index in [2.05, 4.69) is 25.8 Å². The van der Waals surface area contributed by atoms with Crippen molar-refractivity contribution in [3.8, 4) is 0 Å². The lowest BCUT2D eigenvalue weighted by atomic mass is 10.4. The second-order valence-corrected chi connectivity index (χ2v) is 3.26. The van der Waals surface area contributed by atoms with Gasteiger partial charge >= 0.3 is 0 Å². The van der Waals surface area contributed by atoms with Crippen LogP contribution in [0.5, 0.6) is 0 Å². The molecule has 0 amide bonds. The van der Waals surface area contributed by atoms with Gasteiger partial charge in [-0.25, -0.2) is 15.8 Å². The lowest BCUT2D eigenvalue weighted by molar-refractivity contribution is 0.747. The molecule has 2 heterocycles. The summed E-state index contributed by atoms with van der Waals surface area (Å²) in [5.41, 5.74) is 3.40. The molecule has 0 aliphatic heterocycles. The molecule has 0 saturated carbocycles. The molecule has 2 aromatic heterocycles. The number of hydrogen-bond acceptors (Lipinski definition) is 6. The van der Waals surface area contributed by atoms with Crippen molar-refractivity contribution in [1.29, 1.82) is 0 Å². The molecule has 2 aromatic rings. The van der Waals surface area contributed by atoms with Crippen molar-refractivity contribution in [2.45, 2.75) is 6.54 Å². The van der Waals surface area contributed by atoms with Gasteiger partial charge in [-0.15, -0.1) is 0 Å². The van der Waals surface area contributed by atoms with Crippen LogP contribution in [0.15, 0.2) is 24.7 Å². The monoisotopic (exact) mass is 219 g/mol. The molecule has 7 nitrogen and oxygen atoms in total. The fourth-order valence-corrected chi connectivity index (χ4v) is 1.27. The Hall–Kier alpha value is -2.15. The van der Waals surface area contributed by atoms with Crippen molar-refractivity contribution in [3.05, 3.63) is 30.5 Å². The Morgan fingerprint density at radius 3 is 3.00 bits per heavy atom. The van der Waals surface area contributed by atoms with Gasteiger partial charge in [-0.05, 0) is 6.07 Å².